The lowest BCUT2D eigenvalue weighted by Gasteiger charge is -2.09. The highest BCUT2D eigenvalue weighted by Crippen LogP contribution is 2.19. The summed E-state index contributed by atoms with van der Waals surface area (Å²) in [5, 5.41) is 0. The van der Waals surface area contributed by atoms with Crippen molar-refractivity contribution in [2.75, 3.05) is 0 Å². The fraction of sp³-hybridized carbons (Fsp3) is 0. The molecule has 1 heterocycles. The number of hydrogen-bond donors (Lipinski definition) is 2. The van der Waals surface area contributed by atoms with E-state index in [0.29, 0.717) is 12.1 Å². The molecular weight excluding hydrogens is 325 g/mol. The zero-order chi connectivity index (χ0) is 16.3. The summed E-state index contributed by atoms with van der Waals surface area (Å²) < 4.78 is 62.8. The van der Waals surface area contributed by atoms with Crippen molar-refractivity contribution in [2.45, 2.75) is 4.90 Å². The first-order valence-corrected chi connectivity index (χ1v) is 7.03. The predicted molar refractivity (Wildman–Crippen MR) is 66.1 cm³/mol. The third kappa shape index (κ3) is 3.20. The zero-order valence-electron chi connectivity index (χ0n) is 10.5. The number of rotatable bonds is 4. The minimum absolute atomic E-state index is 0.212. The van der Waals surface area contributed by atoms with E-state index >= 15 is 0 Å². The van der Waals surface area contributed by atoms with Crippen LogP contribution in [0.3, 0.4) is 0 Å². The standard InChI is InChI=1S/C11H7F3N4O3S/c12-6-1-2-8(10(14)9(6)13)22(20,21)18-17-11(19)7-5-15-3-4-16-7/h1-5,18H,(H,17,19). The first-order chi connectivity index (χ1) is 10.3. The Labute approximate surface area is 122 Å². The van der Waals surface area contributed by atoms with Gasteiger partial charge in [0.1, 0.15) is 10.6 Å². The summed E-state index contributed by atoms with van der Waals surface area (Å²) in [7, 11) is -4.65. The predicted octanol–water partition coefficient (Wildman–Crippen LogP) is 0.517. The summed E-state index contributed by atoms with van der Waals surface area (Å²) in [6.07, 6.45) is 3.54. The first-order valence-electron chi connectivity index (χ1n) is 5.54. The van der Waals surface area contributed by atoms with Crippen LogP contribution >= 0.6 is 0 Å². The Morgan fingerprint density at radius 1 is 1.09 bits per heavy atom. The number of sulfonamides is 1. The summed E-state index contributed by atoms with van der Waals surface area (Å²) in [5.74, 6) is -6.36. The van der Waals surface area contributed by atoms with E-state index in [2.05, 4.69) is 9.97 Å². The average Bonchev–Trinajstić information content (AvgIpc) is 2.51. The van der Waals surface area contributed by atoms with Crippen LogP contribution in [0.15, 0.2) is 35.6 Å². The van der Waals surface area contributed by atoms with E-state index in [0.717, 1.165) is 6.20 Å². The van der Waals surface area contributed by atoms with Crippen LogP contribution in [-0.4, -0.2) is 24.3 Å². The maximum atomic E-state index is 13.4. The quantitative estimate of drug-likeness (QED) is 0.628. The molecule has 0 unspecified atom stereocenters. The number of benzene rings is 1. The van der Waals surface area contributed by atoms with Crippen LogP contribution < -0.4 is 10.3 Å². The Morgan fingerprint density at radius 2 is 1.82 bits per heavy atom. The van der Waals surface area contributed by atoms with Gasteiger partial charge in [0.05, 0.1) is 6.20 Å². The summed E-state index contributed by atoms with van der Waals surface area (Å²) in [6, 6.07) is 0.960. The number of nitrogens with one attached hydrogen (secondary N) is 2. The molecule has 0 saturated heterocycles. The summed E-state index contributed by atoms with van der Waals surface area (Å²) in [4.78, 5) is 19.1. The van der Waals surface area contributed by atoms with Crippen LogP contribution in [0.1, 0.15) is 10.5 Å². The minimum atomic E-state index is -4.65. The van der Waals surface area contributed by atoms with Gasteiger partial charge in [-0.2, -0.15) is 0 Å². The van der Waals surface area contributed by atoms with Crippen LogP contribution in [0.4, 0.5) is 13.2 Å². The Balaban J connectivity index is 2.19. The van der Waals surface area contributed by atoms with Crippen LogP contribution in [0.25, 0.3) is 0 Å². The van der Waals surface area contributed by atoms with E-state index in [1.165, 1.54) is 17.2 Å². The number of carbonyl (C=O) groups excluding carboxylic acids is 1. The molecule has 0 spiro atoms. The Bertz CT molecular complexity index is 815. The molecule has 1 amide bonds. The molecule has 22 heavy (non-hydrogen) atoms. The molecule has 0 fully saturated rings. The van der Waals surface area contributed by atoms with Gasteiger partial charge in [-0.1, -0.05) is 0 Å². The van der Waals surface area contributed by atoms with Crippen molar-refractivity contribution in [3.63, 3.8) is 0 Å². The summed E-state index contributed by atoms with van der Waals surface area (Å²) in [6.45, 7) is 0. The third-order valence-corrected chi connectivity index (χ3v) is 3.65. The van der Waals surface area contributed by atoms with Crippen molar-refractivity contribution in [3.8, 4) is 0 Å². The normalized spacial score (nSPS) is 11.2. The van der Waals surface area contributed by atoms with E-state index in [4.69, 9.17) is 0 Å². The van der Waals surface area contributed by atoms with Crippen molar-refractivity contribution in [2.24, 2.45) is 0 Å². The third-order valence-electron chi connectivity index (χ3n) is 2.38. The monoisotopic (exact) mass is 332 g/mol. The van der Waals surface area contributed by atoms with Crippen LogP contribution in [0.5, 0.6) is 0 Å². The second kappa shape index (κ2) is 6.07. The van der Waals surface area contributed by atoms with Gasteiger partial charge in [-0.3, -0.25) is 15.2 Å². The minimum Gasteiger partial charge on any atom is -0.272 e. The van der Waals surface area contributed by atoms with Crippen LogP contribution in [0, 0.1) is 17.5 Å². The molecule has 0 bridgehead atoms. The largest absolute Gasteiger partial charge is 0.286 e. The molecule has 0 atom stereocenters. The molecule has 1 aromatic heterocycles. The highest BCUT2D eigenvalue weighted by atomic mass is 32.2. The number of halogens is 3. The summed E-state index contributed by atoms with van der Waals surface area (Å²) >= 11 is 0. The van der Waals surface area contributed by atoms with Crippen molar-refractivity contribution in [1.29, 1.82) is 0 Å². The topological polar surface area (TPSA) is 101 Å². The zero-order valence-corrected chi connectivity index (χ0v) is 11.4. The number of aromatic nitrogens is 2. The molecule has 0 radical (unpaired) electrons. The molecule has 2 aromatic rings. The van der Waals surface area contributed by atoms with Gasteiger partial charge in [0, 0.05) is 12.4 Å². The smallest absolute Gasteiger partial charge is 0.272 e. The van der Waals surface area contributed by atoms with Gasteiger partial charge in [0.2, 0.25) is 0 Å². The van der Waals surface area contributed by atoms with E-state index < -0.39 is 38.3 Å². The molecule has 1 aromatic carbocycles. The van der Waals surface area contributed by atoms with Crippen molar-refractivity contribution in [3.05, 3.63) is 53.9 Å². The molecule has 116 valence electrons. The van der Waals surface area contributed by atoms with E-state index in [1.807, 2.05) is 0 Å². The van der Waals surface area contributed by atoms with Gasteiger partial charge in [-0.05, 0) is 12.1 Å². The van der Waals surface area contributed by atoms with E-state index in [1.54, 1.807) is 5.43 Å². The molecule has 11 heteroatoms. The second-order valence-electron chi connectivity index (χ2n) is 3.82. The van der Waals surface area contributed by atoms with Gasteiger partial charge in [0.25, 0.3) is 15.9 Å². The fourth-order valence-electron chi connectivity index (χ4n) is 1.36. The number of amides is 1. The van der Waals surface area contributed by atoms with E-state index in [9.17, 15) is 26.4 Å². The van der Waals surface area contributed by atoms with Gasteiger partial charge in [-0.25, -0.2) is 26.6 Å². The molecular formula is C11H7F3N4O3S. The number of hydrazine groups is 1. The highest BCUT2D eigenvalue weighted by molar-refractivity contribution is 7.89. The van der Waals surface area contributed by atoms with Crippen molar-refractivity contribution >= 4 is 15.9 Å². The lowest BCUT2D eigenvalue weighted by Crippen LogP contribution is -2.42. The maximum Gasteiger partial charge on any atom is 0.286 e. The molecule has 0 aliphatic carbocycles. The van der Waals surface area contributed by atoms with Gasteiger partial charge < -0.3 is 0 Å². The average molecular weight is 332 g/mol. The lowest BCUT2D eigenvalue weighted by atomic mass is 10.3. The molecule has 7 nitrogen and oxygen atoms in total. The van der Waals surface area contributed by atoms with E-state index in [-0.39, 0.29) is 5.69 Å². The Morgan fingerprint density at radius 3 is 2.45 bits per heavy atom. The van der Waals surface area contributed by atoms with Gasteiger partial charge >= 0.3 is 0 Å². The molecule has 2 N–H and O–H groups in total. The Kier molecular flexibility index (Phi) is 4.37. The van der Waals surface area contributed by atoms with Crippen LogP contribution in [-0.2, 0) is 10.0 Å². The van der Waals surface area contributed by atoms with Gasteiger partial charge in [-0.15, -0.1) is 4.83 Å². The number of carbonyl (C=O) groups is 1. The molecule has 2 rings (SSSR count). The highest BCUT2D eigenvalue weighted by Gasteiger charge is 2.24. The first kappa shape index (κ1) is 15.9. The summed E-state index contributed by atoms with van der Waals surface area (Å²) in [5.41, 5.74) is 1.52. The SMILES string of the molecule is O=C(NNS(=O)(=O)c1ccc(F)c(F)c1F)c1cnccn1. The number of nitrogens with zero attached hydrogens (tertiary/aromatic N) is 2. The molecule has 0 aliphatic heterocycles. The lowest BCUT2D eigenvalue weighted by molar-refractivity contribution is 0.0939. The Hall–Kier alpha value is -2.53. The number of hydrogen-bond acceptors (Lipinski definition) is 5. The molecule has 0 saturated carbocycles. The molecule has 0 aliphatic rings. The van der Waals surface area contributed by atoms with Crippen molar-refractivity contribution in [1.82, 2.24) is 20.2 Å². The van der Waals surface area contributed by atoms with Crippen LogP contribution in [0.2, 0.25) is 0 Å². The van der Waals surface area contributed by atoms with Crippen molar-refractivity contribution < 1.29 is 26.4 Å². The fourth-order valence-corrected chi connectivity index (χ4v) is 2.27. The van der Waals surface area contributed by atoms with Gasteiger partial charge in [0.15, 0.2) is 17.5 Å². The second-order valence-corrected chi connectivity index (χ2v) is 5.47. The maximum absolute atomic E-state index is 13.4.